The molecule has 6 heteroatoms. The summed E-state index contributed by atoms with van der Waals surface area (Å²) < 4.78 is 0. The van der Waals surface area contributed by atoms with Gasteiger partial charge in [-0.15, -0.1) is 0 Å². The van der Waals surface area contributed by atoms with Gasteiger partial charge in [0.2, 0.25) is 5.91 Å². The van der Waals surface area contributed by atoms with Crippen LogP contribution in [0.1, 0.15) is 12.6 Å². The van der Waals surface area contributed by atoms with Crippen molar-refractivity contribution in [3.8, 4) is 11.1 Å². The summed E-state index contributed by atoms with van der Waals surface area (Å²) in [5.74, 6) is 0.751. The summed E-state index contributed by atoms with van der Waals surface area (Å²) in [4.78, 5) is 18.6. The lowest BCUT2D eigenvalue weighted by Crippen LogP contribution is -2.18. The minimum Gasteiger partial charge on any atom is -0.373 e. The number of amides is 1. The molecule has 0 unspecified atom stereocenters. The van der Waals surface area contributed by atoms with E-state index in [-0.39, 0.29) is 5.91 Å². The second-order valence-electron chi connectivity index (χ2n) is 5.31. The molecule has 3 aromatic rings. The van der Waals surface area contributed by atoms with Gasteiger partial charge in [0.15, 0.2) is 0 Å². The third-order valence-corrected chi connectivity index (χ3v) is 3.94. The molecule has 0 spiro atoms. The maximum Gasteiger partial charge on any atom is 0.217 e. The van der Waals surface area contributed by atoms with E-state index in [1.807, 2.05) is 37.4 Å². The molecule has 0 aliphatic carbocycles. The van der Waals surface area contributed by atoms with E-state index < -0.39 is 0 Å². The van der Waals surface area contributed by atoms with Gasteiger partial charge in [0, 0.05) is 52.9 Å². The lowest BCUT2D eigenvalue weighted by molar-refractivity contribution is -0.119. The summed E-state index contributed by atoms with van der Waals surface area (Å²) in [5, 5.41) is 7.45. The van der Waals surface area contributed by atoms with E-state index in [1.165, 1.54) is 6.92 Å². The number of pyridine rings is 1. The van der Waals surface area contributed by atoms with Gasteiger partial charge in [0.05, 0.1) is 6.54 Å². The Morgan fingerprint density at radius 3 is 2.78 bits per heavy atom. The first-order valence-electron chi connectivity index (χ1n) is 7.26. The van der Waals surface area contributed by atoms with Gasteiger partial charge in [-0.25, -0.2) is 4.98 Å². The van der Waals surface area contributed by atoms with Crippen LogP contribution in [-0.4, -0.2) is 22.9 Å². The molecule has 0 saturated heterocycles. The number of benzene rings is 1. The molecule has 2 heterocycles. The van der Waals surface area contributed by atoms with Crippen LogP contribution in [0.25, 0.3) is 22.0 Å². The third kappa shape index (κ3) is 3.29. The minimum absolute atomic E-state index is 0.0573. The quantitative estimate of drug-likeness (QED) is 0.686. The van der Waals surface area contributed by atoms with E-state index in [1.54, 1.807) is 6.20 Å². The summed E-state index contributed by atoms with van der Waals surface area (Å²) in [7, 11) is 1.83. The van der Waals surface area contributed by atoms with Gasteiger partial charge < -0.3 is 15.6 Å². The van der Waals surface area contributed by atoms with Gasteiger partial charge in [-0.1, -0.05) is 11.6 Å². The highest BCUT2D eigenvalue weighted by molar-refractivity contribution is 6.34. The van der Waals surface area contributed by atoms with E-state index >= 15 is 0 Å². The molecule has 0 bridgehead atoms. The van der Waals surface area contributed by atoms with Crippen LogP contribution in [0.15, 0.2) is 36.5 Å². The molecular formula is C17H17ClN4O. The van der Waals surface area contributed by atoms with Crippen LogP contribution in [0.3, 0.4) is 0 Å². The number of aromatic nitrogens is 2. The van der Waals surface area contributed by atoms with Crippen molar-refractivity contribution in [2.75, 3.05) is 12.4 Å². The van der Waals surface area contributed by atoms with Crippen LogP contribution in [0.5, 0.6) is 0 Å². The zero-order valence-electron chi connectivity index (χ0n) is 12.9. The molecule has 118 valence electrons. The Morgan fingerprint density at radius 1 is 1.30 bits per heavy atom. The molecule has 0 radical (unpaired) electrons. The van der Waals surface area contributed by atoms with Crippen molar-refractivity contribution in [1.82, 2.24) is 15.3 Å². The lowest BCUT2D eigenvalue weighted by Gasteiger charge is -2.06. The standard InChI is InChI=1S/C17H17ClN4O/c1-10(23)20-9-13-5-12-6-15(18)14(7-16(12)22-13)11-3-4-17(19-2)21-8-11/h3-8,22H,9H2,1-2H3,(H,19,21)(H,20,23). The van der Waals surface area contributed by atoms with Crippen molar-refractivity contribution in [2.45, 2.75) is 13.5 Å². The molecule has 0 aliphatic heterocycles. The fourth-order valence-electron chi connectivity index (χ4n) is 2.45. The number of halogens is 1. The van der Waals surface area contributed by atoms with Gasteiger partial charge in [-0.2, -0.15) is 0 Å². The van der Waals surface area contributed by atoms with Crippen LogP contribution in [0, 0.1) is 0 Å². The second kappa shape index (κ2) is 6.30. The number of carbonyl (C=O) groups excluding carboxylic acids is 1. The van der Waals surface area contributed by atoms with Crippen molar-refractivity contribution in [1.29, 1.82) is 0 Å². The smallest absolute Gasteiger partial charge is 0.217 e. The summed E-state index contributed by atoms with van der Waals surface area (Å²) in [6, 6.07) is 9.81. The minimum atomic E-state index is -0.0573. The van der Waals surface area contributed by atoms with E-state index in [9.17, 15) is 4.79 Å². The van der Waals surface area contributed by atoms with Crippen LogP contribution in [-0.2, 0) is 11.3 Å². The molecule has 2 aromatic heterocycles. The Kier molecular flexibility index (Phi) is 4.21. The Balaban J connectivity index is 1.97. The number of carbonyl (C=O) groups is 1. The number of rotatable bonds is 4. The molecular weight excluding hydrogens is 312 g/mol. The van der Waals surface area contributed by atoms with Gasteiger partial charge in [0.25, 0.3) is 0 Å². The zero-order chi connectivity index (χ0) is 16.4. The van der Waals surface area contributed by atoms with Gasteiger partial charge in [-0.05, 0) is 30.3 Å². The molecule has 3 rings (SSSR count). The molecule has 0 aliphatic rings. The zero-order valence-corrected chi connectivity index (χ0v) is 13.7. The molecule has 0 atom stereocenters. The van der Waals surface area contributed by atoms with Crippen molar-refractivity contribution in [2.24, 2.45) is 0 Å². The number of nitrogens with one attached hydrogen (secondary N) is 3. The number of hydrogen-bond acceptors (Lipinski definition) is 3. The van der Waals surface area contributed by atoms with Crippen LogP contribution < -0.4 is 10.6 Å². The Labute approximate surface area is 139 Å². The highest BCUT2D eigenvalue weighted by Gasteiger charge is 2.09. The fourth-order valence-corrected chi connectivity index (χ4v) is 2.73. The molecule has 1 aromatic carbocycles. The number of aromatic amines is 1. The van der Waals surface area contributed by atoms with Gasteiger partial charge in [-0.3, -0.25) is 4.79 Å². The SMILES string of the molecule is CNc1ccc(-c2cc3[nH]c(CNC(C)=O)cc3cc2Cl)cn1. The van der Waals surface area contributed by atoms with Crippen molar-refractivity contribution < 1.29 is 4.79 Å². The number of fused-ring (bicyclic) bond motifs is 1. The lowest BCUT2D eigenvalue weighted by atomic mass is 10.1. The van der Waals surface area contributed by atoms with Crippen LogP contribution in [0.2, 0.25) is 5.02 Å². The van der Waals surface area contributed by atoms with Crippen LogP contribution >= 0.6 is 11.6 Å². The average Bonchev–Trinajstić information content (AvgIpc) is 2.94. The Morgan fingerprint density at radius 2 is 2.13 bits per heavy atom. The first kappa shape index (κ1) is 15.4. The number of hydrogen-bond donors (Lipinski definition) is 3. The second-order valence-corrected chi connectivity index (χ2v) is 5.71. The Bertz CT molecular complexity index is 855. The third-order valence-electron chi connectivity index (χ3n) is 3.62. The summed E-state index contributed by atoms with van der Waals surface area (Å²) in [5.41, 5.74) is 3.78. The molecule has 23 heavy (non-hydrogen) atoms. The number of anilines is 1. The number of nitrogens with zero attached hydrogens (tertiary/aromatic N) is 1. The maximum atomic E-state index is 11.0. The molecule has 5 nitrogen and oxygen atoms in total. The predicted molar refractivity (Wildman–Crippen MR) is 93.6 cm³/mol. The fraction of sp³-hybridized carbons (Fsp3) is 0.176. The normalized spacial score (nSPS) is 10.7. The first-order chi connectivity index (χ1) is 11.1. The topological polar surface area (TPSA) is 69.8 Å². The predicted octanol–water partition coefficient (Wildman–Crippen LogP) is 3.56. The van der Waals surface area contributed by atoms with E-state index in [0.717, 1.165) is 33.5 Å². The van der Waals surface area contributed by atoms with Crippen molar-refractivity contribution in [3.63, 3.8) is 0 Å². The summed E-state index contributed by atoms with van der Waals surface area (Å²) >= 11 is 6.42. The molecule has 0 saturated carbocycles. The highest BCUT2D eigenvalue weighted by Crippen LogP contribution is 2.32. The molecule has 0 fully saturated rings. The van der Waals surface area contributed by atoms with E-state index in [0.29, 0.717) is 11.6 Å². The average molecular weight is 329 g/mol. The van der Waals surface area contributed by atoms with Crippen molar-refractivity contribution >= 4 is 34.2 Å². The number of H-pyrrole nitrogens is 1. The van der Waals surface area contributed by atoms with E-state index in [4.69, 9.17) is 11.6 Å². The van der Waals surface area contributed by atoms with Crippen molar-refractivity contribution in [3.05, 3.63) is 47.2 Å². The van der Waals surface area contributed by atoms with Gasteiger partial charge >= 0.3 is 0 Å². The first-order valence-corrected chi connectivity index (χ1v) is 7.64. The maximum absolute atomic E-state index is 11.0. The largest absolute Gasteiger partial charge is 0.373 e. The molecule has 1 amide bonds. The summed E-state index contributed by atoms with van der Waals surface area (Å²) in [6.07, 6.45) is 1.79. The van der Waals surface area contributed by atoms with E-state index in [2.05, 4.69) is 20.6 Å². The monoisotopic (exact) mass is 328 g/mol. The summed E-state index contributed by atoms with van der Waals surface area (Å²) in [6.45, 7) is 1.97. The highest BCUT2D eigenvalue weighted by atomic mass is 35.5. The van der Waals surface area contributed by atoms with Gasteiger partial charge in [0.1, 0.15) is 5.82 Å². The Hall–Kier alpha value is -2.53. The van der Waals surface area contributed by atoms with Crippen LogP contribution in [0.4, 0.5) is 5.82 Å². The molecule has 3 N–H and O–H groups in total.